The van der Waals surface area contributed by atoms with Crippen LogP contribution < -0.4 is 22.8 Å². The number of amides is 1. The van der Waals surface area contributed by atoms with Crippen molar-refractivity contribution in [2.24, 2.45) is 32.8 Å². The normalized spacial score (nSPS) is 11.1. The first-order chi connectivity index (χ1) is 15.3. The van der Waals surface area contributed by atoms with Gasteiger partial charge in [-0.3, -0.25) is 14.1 Å². The number of benzene rings is 1. The van der Waals surface area contributed by atoms with Crippen LogP contribution in [0.15, 0.2) is 34.4 Å². The van der Waals surface area contributed by atoms with Gasteiger partial charge in [-0.2, -0.15) is 19.0 Å². The SMILES string of the molecule is CCC(CC)(Cc1cccc(N=C(N)N)c1)C(=O)NOC(=O)CC(=O)O.NN=CS(=O)(=O)O. The lowest BCUT2D eigenvalue weighted by Gasteiger charge is -2.29. The Morgan fingerprint density at radius 3 is 2.24 bits per heavy atom. The molecule has 9 N–H and O–H groups in total. The molecule has 184 valence electrons. The molecule has 0 aliphatic rings. The summed E-state index contributed by atoms with van der Waals surface area (Å²) in [4.78, 5) is 42.9. The Morgan fingerprint density at radius 1 is 1.21 bits per heavy atom. The predicted octanol–water partition coefficient (Wildman–Crippen LogP) is -0.234. The van der Waals surface area contributed by atoms with Crippen LogP contribution in [-0.4, -0.2) is 47.4 Å². The highest BCUT2D eigenvalue weighted by atomic mass is 32.2. The van der Waals surface area contributed by atoms with Crippen molar-refractivity contribution < 1.29 is 37.3 Å². The van der Waals surface area contributed by atoms with Crippen LogP contribution in [0.2, 0.25) is 0 Å². The van der Waals surface area contributed by atoms with Crippen LogP contribution in [-0.2, 0) is 35.8 Å². The number of nitrogens with one attached hydrogen (secondary N) is 1. The van der Waals surface area contributed by atoms with Gasteiger partial charge in [0.25, 0.3) is 5.91 Å². The first-order valence-corrected chi connectivity index (χ1v) is 10.9. The van der Waals surface area contributed by atoms with E-state index in [1.54, 1.807) is 18.2 Å². The zero-order valence-electron chi connectivity index (χ0n) is 18.1. The van der Waals surface area contributed by atoms with Gasteiger partial charge in [-0.1, -0.05) is 26.0 Å². The van der Waals surface area contributed by atoms with Crippen molar-refractivity contribution in [2.45, 2.75) is 39.5 Å². The summed E-state index contributed by atoms with van der Waals surface area (Å²) in [6, 6.07) is 7.12. The third kappa shape index (κ3) is 12.0. The topological polar surface area (TPSA) is 250 Å². The maximum atomic E-state index is 12.6. The molecule has 0 saturated carbocycles. The van der Waals surface area contributed by atoms with Crippen LogP contribution in [0.25, 0.3) is 0 Å². The van der Waals surface area contributed by atoms with Crippen LogP contribution in [0.4, 0.5) is 5.69 Å². The lowest BCUT2D eigenvalue weighted by atomic mass is 9.76. The molecule has 0 aliphatic heterocycles. The molecule has 1 aromatic rings. The summed E-state index contributed by atoms with van der Waals surface area (Å²) in [5.74, 6) is 1.41. The zero-order valence-corrected chi connectivity index (χ0v) is 18.9. The van der Waals surface area contributed by atoms with Gasteiger partial charge in [0.1, 0.15) is 6.42 Å². The molecule has 1 rings (SSSR count). The van der Waals surface area contributed by atoms with Crippen molar-refractivity contribution in [1.82, 2.24) is 5.48 Å². The Bertz CT molecular complexity index is 985. The van der Waals surface area contributed by atoms with Gasteiger partial charge >= 0.3 is 22.1 Å². The Labute approximate surface area is 190 Å². The standard InChI is InChI=1S/C17H24N4O5.CH4N2O3S/c1-3-17(4-2,15(25)21-26-14(24)9-13(22)23)10-11-6-5-7-12(8-11)20-16(18)19;2-3-1-7(4,5)6/h5-8H,3-4,9-10H2,1-2H3,(H,21,25)(H,22,23)(H4,18,19,20);1H,2H2,(H,4,5,6). The summed E-state index contributed by atoms with van der Waals surface area (Å²) in [5, 5.41) is 11.1. The summed E-state index contributed by atoms with van der Waals surface area (Å²) in [7, 11) is -4.09. The third-order valence-electron chi connectivity index (χ3n) is 4.29. The van der Waals surface area contributed by atoms with Gasteiger partial charge in [0.15, 0.2) is 11.5 Å². The van der Waals surface area contributed by atoms with Crippen LogP contribution in [0, 0.1) is 5.41 Å². The molecule has 14 nitrogen and oxygen atoms in total. The summed E-state index contributed by atoms with van der Waals surface area (Å²) in [6.07, 6.45) is 0.513. The van der Waals surface area contributed by atoms with Crippen LogP contribution in [0.3, 0.4) is 0 Å². The minimum absolute atomic E-state index is 0.0671. The van der Waals surface area contributed by atoms with Gasteiger partial charge in [0, 0.05) is 0 Å². The van der Waals surface area contributed by atoms with Crippen LogP contribution in [0.1, 0.15) is 38.7 Å². The number of hydrogen-bond acceptors (Lipinski definition) is 9. The van der Waals surface area contributed by atoms with E-state index in [1.165, 1.54) is 0 Å². The third-order valence-corrected chi connectivity index (χ3v) is 4.68. The summed E-state index contributed by atoms with van der Waals surface area (Å²) >= 11 is 0. The molecule has 0 fully saturated rings. The molecular weight excluding hydrogens is 460 g/mol. The molecule has 0 atom stereocenters. The molecule has 0 aliphatic carbocycles. The molecular formula is C18H28N6O8S. The van der Waals surface area contributed by atoms with E-state index < -0.39 is 39.8 Å². The molecule has 0 aromatic heterocycles. The molecule has 0 bridgehead atoms. The minimum atomic E-state index is -4.09. The highest BCUT2D eigenvalue weighted by molar-refractivity contribution is 7.99. The predicted molar refractivity (Wildman–Crippen MR) is 119 cm³/mol. The fourth-order valence-electron chi connectivity index (χ4n) is 2.63. The summed E-state index contributed by atoms with van der Waals surface area (Å²) in [6.45, 7) is 3.70. The Balaban J connectivity index is 0.00000126. The minimum Gasteiger partial charge on any atom is -0.481 e. The number of carboxylic acid groups (broad SMARTS) is 1. The molecule has 0 saturated heterocycles. The second-order valence-corrected chi connectivity index (χ2v) is 7.86. The maximum absolute atomic E-state index is 12.6. The first kappa shape index (κ1) is 29.3. The van der Waals surface area contributed by atoms with Gasteiger partial charge in [0.05, 0.1) is 11.1 Å². The lowest BCUT2D eigenvalue weighted by molar-refractivity contribution is -0.165. The van der Waals surface area contributed by atoms with Gasteiger partial charge in [-0.05, 0) is 37.0 Å². The average molecular weight is 489 g/mol. The molecule has 15 heteroatoms. The number of rotatable bonds is 9. The monoisotopic (exact) mass is 488 g/mol. The fourth-order valence-corrected chi connectivity index (χ4v) is 2.78. The molecule has 0 heterocycles. The number of guanidine groups is 1. The number of hydrazone groups is 1. The van der Waals surface area contributed by atoms with Crippen LogP contribution >= 0.6 is 0 Å². The number of hydrogen-bond donors (Lipinski definition) is 6. The van der Waals surface area contributed by atoms with Crippen LogP contribution in [0.5, 0.6) is 0 Å². The Morgan fingerprint density at radius 2 is 1.82 bits per heavy atom. The number of hydroxylamine groups is 1. The molecule has 0 spiro atoms. The quantitative estimate of drug-likeness (QED) is 0.0660. The highest BCUT2D eigenvalue weighted by Gasteiger charge is 2.36. The molecule has 0 radical (unpaired) electrons. The van der Waals surface area contributed by atoms with E-state index in [-0.39, 0.29) is 11.5 Å². The Hall–Kier alpha value is -3.72. The van der Waals surface area contributed by atoms with E-state index in [4.69, 9.17) is 21.1 Å². The number of nitrogens with two attached hydrogens (primary N) is 3. The second kappa shape index (κ2) is 13.6. The van der Waals surface area contributed by atoms with Crippen molar-refractivity contribution >= 4 is 45.2 Å². The number of nitrogens with zero attached hydrogens (tertiary/aromatic N) is 2. The first-order valence-electron chi connectivity index (χ1n) is 9.39. The maximum Gasteiger partial charge on any atom is 0.343 e. The number of carboxylic acids is 1. The summed E-state index contributed by atoms with van der Waals surface area (Å²) in [5.41, 5.74) is 13.6. The molecule has 1 aromatic carbocycles. The van der Waals surface area contributed by atoms with E-state index in [1.807, 2.05) is 19.9 Å². The fraction of sp³-hybridized carbons (Fsp3) is 0.389. The number of aliphatic carboxylic acids is 1. The van der Waals surface area contributed by atoms with E-state index >= 15 is 0 Å². The Kier molecular flexibility index (Phi) is 12.1. The highest BCUT2D eigenvalue weighted by Crippen LogP contribution is 2.32. The van der Waals surface area contributed by atoms with Crippen molar-refractivity contribution in [3.8, 4) is 0 Å². The van der Waals surface area contributed by atoms with Crippen molar-refractivity contribution in [3.05, 3.63) is 29.8 Å². The molecule has 33 heavy (non-hydrogen) atoms. The van der Waals surface area contributed by atoms with E-state index in [0.717, 1.165) is 5.56 Å². The van der Waals surface area contributed by atoms with Crippen molar-refractivity contribution in [2.75, 3.05) is 0 Å². The largest absolute Gasteiger partial charge is 0.481 e. The molecule has 0 unspecified atom stereocenters. The second-order valence-electron chi connectivity index (χ2n) is 6.62. The van der Waals surface area contributed by atoms with Crippen molar-refractivity contribution in [3.63, 3.8) is 0 Å². The smallest absolute Gasteiger partial charge is 0.343 e. The van der Waals surface area contributed by atoms with Crippen molar-refractivity contribution in [1.29, 1.82) is 0 Å². The number of aliphatic imine (C=N–C) groups is 1. The van der Waals surface area contributed by atoms with Gasteiger partial charge in [0.2, 0.25) is 0 Å². The number of carbonyl (C=O) groups excluding carboxylic acids is 2. The van der Waals surface area contributed by atoms with E-state index in [2.05, 4.69) is 26.3 Å². The van der Waals surface area contributed by atoms with Gasteiger partial charge in [-0.25, -0.2) is 9.79 Å². The number of carbonyl (C=O) groups is 3. The average Bonchev–Trinajstić information content (AvgIpc) is 2.69. The van der Waals surface area contributed by atoms with Gasteiger partial charge in [-0.15, -0.1) is 0 Å². The zero-order chi connectivity index (χ0) is 25.7. The lowest BCUT2D eigenvalue weighted by Crippen LogP contribution is -2.43. The van der Waals surface area contributed by atoms with E-state index in [0.29, 0.717) is 24.9 Å². The van der Waals surface area contributed by atoms with E-state index in [9.17, 15) is 22.8 Å². The molecule has 1 amide bonds. The van der Waals surface area contributed by atoms with Gasteiger partial charge < -0.3 is 27.3 Å². The summed E-state index contributed by atoms with van der Waals surface area (Å²) < 4.78 is 26.9.